The number of amidine groups is 3. The molecule has 0 bridgehead atoms. The zero-order valence-corrected chi connectivity index (χ0v) is 18.7. The highest BCUT2D eigenvalue weighted by Crippen LogP contribution is 2.35. The number of thioether (sulfide) groups is 1. The highest BCUT2D eigenvalue weighted by atomic mass is 32.2. The zero-order chi connectivity index (χ0) is 23.8. The Kier molecular flexibility index (Phi) is 5.63. The first-order valence-corrected chi connectivity index (χ1v) is 11.0. The Bertz CT molecular complexity index is 1290. The molecule has 0 radical (unpaired) electrons. The van der Waals surface area contributed by atoms with Crippen molar-refractivity contribution >= 4 is 45.6 Å². The van der Waals surface area contributed by atoms with Crippen LogP contribution in [0.15, 0.2) is 50.4 Å². The van der Waals surface area contributed by atoms with Crippen LogP contribution in [0.3, 0.4) is 0 Å². The number of hydrogen-bond acceptors (Lipinski definition) is 10. The lowest BCUT2D eigenvalue weighted by Crippen LogP contribution is -2.39. The van der Waals surface area contributed by atoms with Crippen molar-refractivity contribution in [3.05, 3.63) is 51.8 Å². The highest BCUT2D eigenvalue weighted by molar-refractivity contribution is 8.26. The Morgan fingerprint density at radius 3 is 2.76 bits per heavy atom. The Balaban J connectivity index is 1.42. The minimum absolute atomic E-state index is 0.00135. The first-order chi connectivity index (χ1) is 16.4. The standard InChI is InChI=1S/C21H18N6O6S/c1-31-12-2-4-14(16(11-12)27(29)30)17-5-3-13(33-17)10-15-18(22)26-20(23-19(15)28)34-21(24-26)25-6-8-32-9-7-25/h2-5,10-11,22H,6-9H2,1H3/b15-10+,22-18?. The molecule has 34 heavy (non-hydrogen) atoms. The number of hydrogen-bond donors (Lipinski definition) is 1. The summed E-state index contributed by atoms with van der Waals surface area (Å²) in [7, 11) is 1.42. The van der Waals surface area contributed by atoms with Crippen molar-refractivity contribution in [1.29, 1.82) is 5.41 Å². The van der Waals surface area contributed by atoms with E-state index in [-0.39, 0.29) is 34.2 Å². The number of nitrogens with zero attached hydrogens (tertiary/aromatic N) is 5. The van der Waals surface area contributed by atoms with Gasteiger partial charge in [-0.15, -0.1) is 5.10 Å². The van der Waals surface area contributed by atoms with Gasteiger partial charge in [-0.1, -0.05) is 0 Å². The van der Waals surface area contributed by atoms with Crippen molar-refractivity contribution in [2.24, 2.45) is 10.1 Å². The molecule has 12 nitrogen and oxygen atoms in total. The van der Waals surface area contributed by atoms with Crippen molar-refractivity contribution in [1.82, 2.24) is 9.91 Å². The number of nitrogens with one attached hydrogen (secondary N) is 1. The van der Waals surface area contributed by atoms with Gasteiger partial charge in [-0.05, 0) is 42.1 Å². The van der Waals surface area contributed by atoms with E-state index >= 15 is 0 Å². The van der Waals surface area contributed by atoms with Crippen molar-refractivity contribution in [3.63, 3.8) is 0 Å². The maximum absolute atomic E-state index is 12.7. The number of benzene rings is 1. The first kappa shape index (κ1) is 21.9. The van der Waals surface area contributed by atoms with E-state index in [2.05, 4.69) is 10.1 Å². The fourth-order valence-electron chi connectivity index (χ4n) is 3.58. The van der Waals surface area contributed by atoms with Crippen LogP contribution < -0.4 is 4.74 Å². The third-order valence-corrected chi connectivity index (χ3v) is 6.28. The molecule has 1 fully saturated rings. The molecule has 0 saturated carbocycles. The van der Waals surface area contributed by atoms with Gasteiger partial charge in [-0.3, -0.25) is 20.3 Å². The van der Waals surface area contributed by atoms with Gasteiger partial charge in [0.05, 0.1) is 42.4 Å². The van der Waals surface area contributed by atoms with Crippen LogP contribution in [-0.2, 0) is 9.53 Å². The number of hydrazone groups is 1. The highest BCUT2D eigenvalue weighted by Gasteiger charge is 2.37. The average Bonchev–Trinajstić information content (AvgIpc) is 3.49. The number of carbonyl (C=O) groups is 1. The molecule has 1 aromatic carbocycles. The Morgan fingerprint density at radius 1 is 1.24 bits per heavy atom. The van der Waals surface area contributed by atoms with E-state index in [9.17, 15) is 14.9 Å². The summed E-state index contributed by atoms with van der Waals surface area (Å²) < 4.78 is 16.2. The molecule has 5 rings (SSSR count). The first-order valence-electron chi connectivity index (χ1n) is 10.2. The summed E-state index contributed by atoms with van der Waals surface area (Å²) in [4.78, 5) is 29.7. The fraction of sp³-hybridized carbons (Fsp3) is 0.238. The molecule has 3 aliphatic heterocycles. The topological polar surface area (TPSA) is 147 Å². The number of nitro benzene ring substituents is 1. The zero-order valence-electron chi connectivity index (χ0n) is 17.9. The number of amides is 1. The number of nitro groups is 1. The molecule has 13 heteroatoms. The average molecular weight is 482 g/mol. The predicted molar refractivity (Wildman–Crippen MR) is 125 cm³/mol. The predicted octanol–water partition coefficient (Wildman–Crippen LogP) is 2.77. The van der Waals surface area contributed by atoms with Crippen LogP contribution in [0.2, 0.25) is 0 Å². The van der Waals surface area contributed by atoms with E-state index in [0.717, 1.165) is 0 Å². The third kappa shape index (κ3) is 3.95. The van der Waals surface area contributed by atoms with Gasteiger partial charge in [0.1, 0.15) is 17.3 Å². The second-order valence-electron chi connectivity index (χ2n) is 7.34. The van der Waals surface area contributed by atoms with Crippen molar-refractivity contribution < 1.29 is 23.6 Å². The molecular weight excluding hydrogens is 464 g/mol. The number of fused-ring (bicyclic) bond motifs is 1. The molecule has 1 aromatic heterocycles. The summed E-state index contributed by atoms with van der Waals surface area (Å²) >= 11 is 1.24. The third-order valence-electron chi connectivity index (χ3n) is 5.31. The van der Waals surface area contributed by atoms with E-state index in [0.29, 0.717) is 42.4 Å². The largest absolute Gasteiger partial charge is 0.497 e. The molecule has 0 unspecified atom stereocenters. The molecule has 0 atom stereocenters. The molecule has 2 aromatic rings. The maximum Gasteiger partial charge on any atom is 0.284 e. The second-order valence-corrected chi connectivity index (χ2v) is 8.28. The lowest BCUT2D eigenvalue weighted by atomic mass is 10.1. The molecule has 0 spiro atoms. The molecule has 1 saturated heterocycles. The van der Waals surface area contributed by atoms with Gasteiger partial charge in [0, 0.05) is 13.1 Å². The van der Waals surface area contributed by atoms with E-state index in [1.165, 1.54) is 42.1 Å². The summed E-state index contributed by atoms with van der Waals surface area (Å²) in [5.41, 5.74) is 0.0839. The summed E-state index contributed by atoms with van der Waals surface area (Å²) in [6.07, 6.45) is 1.39. The molecule has 0 aliphatic carbocycles. The minimum Gasteiger partial charge on any atom is -0.497 e. The second kappa shape index (κ2) is 8.76. The number of aliphatic imine (C=N–C) groups is 1. The molecule has 4 heterocycles. The number of rotatable bonds is 4. The minimum atomic E-state index is -0.587. The monoisotopic (exact) mass is 482 g/mol. The van der Waals surface area contributed by atoms with Crippen LogP contribution in [0.1, 0.15) is 5.76 Å². The fourth-order valence-corrected chi connectivity index (χ4v) is 4.52. The van der Waals surface area contributed by atoms with Gasteiger partial charge in [0.25, 0.3) is 11.6 Å². The lowest BCUT2D eigenvalue weighted by Gasteiger charge is -2.26. The van der Waals surface area contributed by atoms with Crippen LogP contribution in [0.25, 0.3) is 17.4 Å². The van der Waals surface area contributed by atoms with Crippen LogP contribution >= 0.6 is 11.8 Å². The number of morpholine rings is 1. The summed E-state index contributed by atoms with van der Waals surface area (Å²) in [5.74, 6) is 0.120. The smallest absolute Gasteiger partial charge is 0.284 e. The van der Waals surface area contributed by atoms with Crippen LogP contribution in [0, 0.1) is 15.5 Å². The Labute approximate surface area is 197 Å². The van der Waals surface area contributed by atoms with Gasteiger partial charge in [-0.2, -0.15) is 10.0 Å². The Morgan fingerprint density at radius 2 is 2.03 bits per heavy atom. The van der Waals surface area contributed by atoms with Crippen LogP contribution in [0.4, 0.5) is 5.69 Å². The maximum atomic E-state index is 12.7. The number of furan rings is 1. The summed E-state index contributed by atoms with van der Waals surface area (Å²) in [6.45, 7) is 2.51. The van der Waals surface area contributed by atoms with Crippen LogP contribution in [-0.4, -0.2) is 70.3 Å². The van der Waals surface area contributed by atoms with E-state index in [4.69, 9.17) is 19.3 Å². The van der Waals surface area contributed by atoms with Crippen molar-refractivity contribution in [3.8, 4) is 17.1 Å². The van der Waals surface area contributed by atoms with E-state index in [1.54, 1.807) is 18.2 Å². The van der Waals surface area contributed by atoms with Gasteiger partial charge >= 0.3 is 0 Å². The van der Waals surface area contributed by atoms with E-state index in [1.807, 2.05) is 4.90 Å². The molecule has 1 amide bonds. The number of methoxy groups -OCH3 is 1. The number of carbonyl (C=O) groups excluding carboxylic acids is 1. The molecule has 1 N–H and O–H groups in total. The van der Waals surface area contributed by atoms with Crippen LogP contribution in [0.5, 0.6) is 5.75 Å². The quantitative estimate of drug-likeness (QED) is 0.395. The van der Waals surface area contributed by atoms with Crippen molar-refractivity contribution in [2.45, 2.75) is 0 Å². The Hall–Kier alpha value is -3.97. The van der Waals surface area contributed by atoms with Gasteiger partial charge in [0.2, 0.25) is 5.17 Å². The van der Waals surface area contributed by atoms with Gasteiger partial charge in [0.15, 0.2) is 11.0 Å². The summed E-state index contributed by atoms with van der Waals surface area (Å²) in [6, 6.07) is 7.56. The van der Waals surface area contributed by atoms with Crippen molar-refractivity contribution in [2.75, 3.05) is 33.4 Å². The molecule has 3 aliphatic rings. The summed E-state index contributed by atoms with van der Waals surface area (Å²) in [5, 5.41) is 26.8. The van der Waals surface area contributed by atoms with Gasteiger partial charge < -0.3 is 18.8 Å². The lowest BCUT2D eigenvalue weighted by molar-refractivity contribution is -0.384. The molecular formula is C21H18N6O6S. The van der Waals surface area contributed by atoms with E-state index < -0.39 is 10.8 Å². The SMILES string of the molecule is COc1ccc(-c2ccc(/C=C3\C(=N)N4N=C(N5CCOCC5)SC4=NC3=O)o2)c([N+](=O)[O-])c1. The molecule has 174 valence electrons. The normalized spacial score (nSPS) is 19.3. The van der Waals surface area contributed by atoms with Gasteiger partial charge in [-0.25, -0.2) is 0 Å². The number of ether oxygens (including phenoxy) is 2.